The second-order valence-electron chi connectivity index (χ2n) is 9.02. The maximum atomic E-state index is 13.2. The molecule has 10 heteroatoms. The summed E-state index contributed by atoms with van der Waals surface area (Å²) in [5.74, 6) is -0.471. The Balaban J connectivity index is 1.54. The van der Waals surface area contributed by atoms with Crippen LogP contribution in [0.2, 0.25) is 5.02 Å². The topological polar surface area (TPSA) is 56.7 Å². The zero-order chi connectivity index (χ0) is 27.1. The molecule has 1 heterocycles. The van der Waals surface area contributed by atoms with Gasteiger partial charge in [0.2, 0.25) is 0 Å². The highest BCUT2D eigenvalue weighted by Crippen LogP contribution is 2.35. The molecule has 2 N–H and O–H groups in total. The van der Waals surface area contributed by atoms with Crippen molar-refractivity contribution < 1.29 is 18.0 Å². The van der Waals surface area contributed by atoms with Gasteiger partial charge in [-0.3, -0.25) is 4.79 Å². The lowest BCUT2D eigenvalue weighted by Crippen LogP contribution is -2.30. The van der Waals surface area contributed by atoms with Crippen molar-refractivity contribution in [2.75, 3.05) is 23.3 Å². The number of anilines is 2. The van der Waals surface area contributed by atoms with Crippen molar-refractivity contribution in [3.63, 3.8) is 0 Å². The van der Waals surface area contributed by atoms with Crippen molar-refractivity contribution >= 4 is 51.0 Å². The molecule has 0 spiro atoms. The van der Waals surface area contributed by atoms with E-state index in [2.05, 4.69) is 42.7 Å². The number of hydrogen-bond acceptors (Lipinski definition) is 4. The summed E-state index contributed by atoms with van der Waals surface area (Å²) in [4.78, 5) is 15.4. The van der Waals surface area contributed by atoms with E-state index in [4.69, 9.17) is 11.6 Å². The summed E-state index contributed by atoms with van der Waals surface area (Å²) in [6.45, 7) is 2.35. The first kappa shape index (κ1) is 28.0. The molecule has 0 aromatic heterocycles. The minimum Gasteiger partial charge on any atom is -0.380 e. The lowest BCUT2D eigenvalue weighted by Gasteiger charge is -2.29. The van der Waals surface area contributed by atoms with Crippen molar-refractivity contribution in [2.24, 2.45) is 5.10 Å². The maximum Gasteiger partial charge on any atom is 0.417 e. The Morgan fingerprint density at radius 1 is 1.03 bits per heavy atom. The van der Waals surface area contributed by atoms with Crippen LogP contribution < -0.4 is 15.6 Å². The van der Waals surface area contributed by atoms with Gasteiger partial charge in [-0.1, -0.05) is 57.9 Å². The second-order valence-corrected chi connectivity index (χ2v) is 9.99. The normalized spacial score (nSPS) is 14.1. The summed E-state index contributed by atoms with van der Waals surface area (Å²) in [6.07, 6.45) is -0.0512. The van der Waals surface area contributed by atoms with Gasteiger partial charge in [0, 0.05) is 36.3 Å². The van der Waals surface area contributed by atoms with Crippen LogP contribution >= 0.6 is 27.5 Å². The molecule has 0 bridgehead atoms. The van der Waals surface area contributed by atoms with Gasteiger partial charge in [0.1, 0.15) is 0 Å². The molecule has 1 amide bonds. The van der Waals surface area contributed by atoms with Crippen molar-refractivity contribution in [2.45, 2.75) is 37.3 Å². The van der Waals surface area contributed by atoms with Gasteiger partial charge in [0.25, 0.3) is 5.91 Å². The molecule has 0 aliphatic carbocycles. The summed E-state index contributed by atoms with van der Waals surface area (Å²) in [6, 6.07) is 17.3. The van der Waals surface area contributed by atoms with Crippen LogP contribution in [-0.2, 0) is 18.1 Å². The van der Waals surface area contributed by atoms with Crippen molar-refractivity contribution in [3.8, 4) is 0 Å². The highest BCUT2D eigenvalue weighted by atomic mass is 79.9. The molecule has 1 aliphatic rings. The summed E-state index contributed by atoms with van der Waals surface area (Å²) in [5.41, 5.74) is 5.84. The van der Waals surface area contributed by atoms with Crippen LogP contribution in [0.1, 0.15) is 51.9 Å². The number of carbonyl (C=O) groups is 1. The van der Waals surface area contributed by atoms with Crippen LogP contribution in [0.5, 0.6) is 0 Å². The van der Waals surface area contributed by atoms with Crippen LogP contribution in [0, 0.1) is 0 Å². The van der Waals surface area contributed by atoms with E-state index >= 15 is 0 Å². The van der Waals surface area contributed by atoms with Gasteiger partial charge in [-0.15, -0.1) is 0 Å². The van der Waals surface area contributed by atoms with Crippen LogP contribution in [0.15, 0.2) is 65.8 Å². The number of nitrogens with one attached hydrogen (secondary N) is 2. The molecule has 0 radical (unpaired) electrons. The Bertz CT molecular complexity index is 1310. The van der Waals surface area contributed by atoms with E-state index in [0.29, 0.717) is 17.8 Å². The molecule has 5 nitrogen and oxygen atoms in total. The first-order valence-electron chi connectivity index (χ1n) is 12.2. The van der Waals surface area contributed by atoms with Crippen molar-refractivity contribution in [3.05, 3.63) is 93.5 Å². The number of piperidine rings is 1. The molecule has 0 atom stereocenters. The third kappa shape index (κ3) is 7.29. The Labute approximate surface area is 233 Å². The standard InChI is InChI=1S/C28H27BrClF3N4O/c29-16-19-5-4-6-20(13-19)17-34-26-10-8-22(37-11-2-1-3-12-37)15-23(26)27(38)36-35-18-21-7-9-25(30)24(14-21)28(31,32)33/h4-10,13-15,18,34H,1-3,11-12,16-17H2,(H,36,38). The Kier molecular flexibility index (Phi) is 9.33. The highest BCUT2D eigenvalue weighted by Gasteiger charge is 2.33. The van der Waals surface area contributed by atoms with E-state index in [1.807, 2.05) is 36.4 Å². The maximum absolute atomic E-state index is 13.2. The van der Waals surface area contributed by atoms with Crippen LogP contribution in [-0.4, -0.2) is 25.2 Å². The lowest BCUT2D eigenvalue weighted by molar-refractivity contribution is -0.137. The minimum absolute atomic E-state index is 0.161. The van der Waals surface area contributed by atoms with Crippen LogP contribution in [0.4, 0.5) is 24.5 Å². The smallest absolute Gasteiger partial charge is 0.380 e. The second kappa shape index (κ2) is 12.7. The molecule has 1 fully saturated rings. The predicted molar refractivity (Wildman–Crippen MR) is 150 cm³/mol. The van der Waals surface area contributed by atoms with E-state index in [-0.39, 0.29) is 5.56 Å². The van der Waals surface area contributed by atoms with Gasteiger partial charge >= 0.3 is 6.18 Å². The predicted octanol–water partition coefficient (Wildman–Crippen LogP) is 7.62. The zero-order valence-corrected chi connectivity index (χ0v) is 22.8. The van der Waals surface area contributed by atoms with Gasteiger partial charge in [0.15, 0.2) is 0 Å². The molecule has 3 aromatic carbocycles. The van der Waals surface area contributed by atoms with Crippen LogP contribution in [0.25, 0.3) is 0 Å². The molecule has 3 aromatic rings. The van der Waals surface area contributed by atoms with Gasteiger partial charge in [-0.2, -0.15) is 18.3 Å². The summed E-state index contributed by atoms with van der Waals surface area (Å²) < 4.78 is 39.5. The first-order valence-corrected chi connectivity index (χ1v) is 13.7. The Morgan fingerprint density at radius 2 is 1.79 bits per heavy atom. The number of hydrazone groups is 1. The quantitative estimate of drug-likeness (QED) is 0.157. The number of hydrogen-bond donors (Lipinski definition) is 2. The average Bonchev–Trinajstić information content (AvgIpc) is 2.92. The van der Waals surface area contributed by atoms with Crippen molar-refractivity contribution in [1.82, 2.24) is 5.43 Å². The summed E-state index contributed by atoms with van der Waals surface area (Å²) in [7, 11) is 0. The van der Waals surface area contributed by atoms with Crippen molar-refractivity contribution in [1.29, 1.82) is 0 Å². The van der Waals surface area contributed by atoms with E-state index in [9.17, 15) is 18.0 Å². The Morgan fingerprint density at radius 3 is 2.53 bits per heavy atom. The molecular weight excluding hydrogens is 581 g/mol. The Hall–Kier alpha value is -3.04. The minimum atomic E-state index is -4.59. The molecule has 1 aliphatic heterocycles. The number of amides is 1. The molecule has 1 saturated heterocycles. The largest absolute Gasteiger partial charge is 0.417 e. The fourth-order valence-electron chi connectivity index (χ4n) is 4.31. The highest BCUT2D eigenvalue weighted by molar-refractivity contribution is 9.08. The van der Waals surface area contributed by atoms with Gasteiger partial charge in [0.05, 0.1) is 22.4 Å². The summed E-state index contributed by atoms with van der Waals surface area (Å²) in [5, 5.41) is 7.61. The molecule has 200 valence electrons. The van der Waals surface area contributed by atoms with E-state index < -0.39 is 22.7 Å². The zero-order valence-electron chi connectivity index (χ0n) is 20.5. The van der Waals surface area contributed by atoms with Gasteiger partial charge in [-0.25, -0.2) is 5.43 Å². The number of alkyl halides is 4. The van der Waals surface area contributed by atoms with Crippen LogP contribution in [0.3, 0.4) is 0 Å². The molecule has 0 saturated carbocycles. The monoisotopic (exact) mass is 606 g/mol. The molecule has 4 rings (SSSR count). The number of carbonyl (C=O) groups excluding carboxylic acids is 1. The molecule has 38 heavy (non-hydrogen) atoms. The average molecular weight is 608 g/mol. The SMILES string of the molecule is O=C(NN=Cc1ccc(Cl)c(C(F)(F)F)c1)c1cc(N2CCCCC2)ccc1NCc1cccc(CBr)c1. The summed E-state index contributed by atoms with van der Waals surface area (Å²) >= 11 is 9.15. The van der Waals surface area contributed by atoms with E-state index in [1.165, 1.54) is 12.5 Å². The number of benzene rings is 3. The third-order valence-corrected chi connectivity index (χ3v) is 7.25. The lowest BCUT2D eigenvalue weighted by atomic mass is 10.1. The first-order chi connectivity index (χ1) is 18.2. The van der Waals surface area contributed by atoms with Gasteiger partial charge < -0.3 is 10.2 Å². The van der Waals surface area contributed by atoms with E-state index in [1.54, 1.807) is 0 Å². The third-order valence-electron chi connectivity index (χ3n) is 6.27. The van der Waals surface area contributed by atoms with Gasteiger partial charge in [-0.05, 0) is 66.3 Å². The number of rotatable bonds is 8. The number of nitrogens with zero attached hydrogens (tertiary/aromatic N) is 2. The fraction of sp³-hybridized carbons (Fsp3) is 0.286. The van der Waals surface area contributed by atoms with E-state index in [0.717, 1.165) is 66.4 Å². The molecule has 0 unspecified atom stereocenters. The molecular formula is C28H27BrClF3N4O. The fourth-order valence-corrected chi connectivity index (χ4v) is 4.88. The number of halogens is 5.